The lowest BCUT2D eigenvalue weighted by atomic mass is 10.1. The van der Waals surface area contributed by atoms with E-state index in [0.717, 1.165) is 16.8 Å². The molecule has 190 valence electrons. The summed E-state index contributed by atoms with van der Waals surface area (Å²) in [4.78, 5) is 18.7. The van der Waals surface area contributed by atoms with Crippen LogP contribution in [-0.4, -0.2) is 20.8 Å². The van der Waals surface area contributed by atoms with Gasteiger partial charge in [-0.1, -0.05) is 66.7 Å². The quantitative estimate of drug-likeness (QED) is 0.259. The molecule has 0 fully saturated rings. The number of nitrogens with zero attached hydrogens (tertiary/aromatic N) is 5. The van der Waals surface area contributed by atoms with E-state index in [0.29, 0.717) is 22.9 Å². The first-order valence-electron chi connectivity index (χ1n) is 12.2. The summed E-state index contributed by atoms with van der Waals surface area (Å²) in [6, 6.07) is 28.9. The number of rotatable bonds is 9. The minimum atomic E-state index is -0.141. The number of hydrogen-bond acceptors (Lipinski definition) is 5. The number of ether oxygens (including phenoxy) is 2. The normalized spacial score (nSPS) is 10.7. The maximum absolute atomic E-state index is 12.8. The zero-order valence-corrected chi connectivity index (χ0v) is 21.3. The fourth-order valence-electron chi connectivity index (χ4n) is 4.13. The molecular weight excluding hydrogens is 478 g/mol. The van der Waals surface area contributed by atoms with E-state index in [-0.39, 0.29) is 19.2 Å². The van der Waals surface area contributed by atoms with Crippen molar-refractivity contribution in [1.29, 1.82) is 0 Å². The highest BCUT2D eigenvalue weighted by Gasteiger charge is 2.20. The van der Waals surface area contributed by atoms with Gasteiger partial charge in [-0.2, -0.15) is 0 Å². The average molecular weight is 507 g/mol. The van der Waals surface area contributed by atoms with Gasteiger partial charge in [0.25, 0.3) is 6.73 Å². The topological polar surface area (TPSA) is 73.4 Å². The van der Waals surface area contributed by atoms with Gasteiger partial charge in [0, 0.05) is 30.3 Å². The summed E-state index contributed by atoms with van der Waals surface area (Å²) in [7, 11) is 1.90. The monoisotopic (exact) mass is 506 g/mol. The third-order valence-corrected chi connectivity index (χ3v) is 6.00. The van der Waals surface area contributed by atoms with Crippen molar-refractivity contribution in [2.24, 2.45) is 7.05 Å². The lowest BCUT2D eigenvalue weighted by Crippen LogP contribution is -2.39. The van der Waals surface area contributed by atoms with Crippen LogP contribution in [0.5, 0.6) is 17.2 Å². The Hall–Kier alpha value is -4.98. The van der Waals surface area contributed by atoms with E-state index in [1.165, 1.54) is 6.92 Å². The smallest absolute Gasteiger partial charge is 0.253 e. The van der Waals surface area contributed by atoms with E-state index in [2.05, 4.69) is 10.2 Å². The molecule has 0 bridgehead atoms. The van der Waals surface area contributed by atoms with Gasteiger partial charge in [0.1, 0.15) is 24.2 Å². The maximum atomic E-state index is 12.8. The summed E-state index contributed by atoms with van der Waals surface area (Å²) < 4.78 is 15.8. The lowest BCUT2D eigenvalue weighted by molar-refractivity contribution is -0.779. The summed E-state index contributed by atoms with van der Waals surface area (Å²) in [5.74, 6) is 1.73. The molecule has 0 spiro atoms. The first-order chi connectivity index (χ1) is 18.6. The van der Waals surface area contributed by atoms with Crippen LogP contribution < -0.4 is 19.1 Å². The van der Waals surface area contributed by atoms with Crippen molar-refractivity contribution in [3.05, 3.63) is 115 Å². The Kier molecular flexibility index (Phi) is 7.40. The summed E-state index contributed by atoms with van der Waals surface area (Å²) >= 11 is 0. The standard InChI is InChI=1S/C30H28N5O3/c1-23(36)35(27-19-31-18-17-30(27)38-26-14-7-4-8-15-26)20-25-13-9-10-16-29(25)37-22-34-21-28(33(2)32-34)24-11-5-3-6-12-24/h3-19,21H,20,22H2,1-2H3/q+1. The van der Waals surface area contributed by atoms with E-state index in [9.17, 15) is 4.79 Å². The molecule has 0 aliphatic heterocycles. The third kappa shape index (κ3) is 5.70. The second kappa shape index (κ2) is 11.4. The van der Waals surface area contributed by atoms with Crippen molar-refractivity contribution in [3.63, 3.8) is 0 Å². The van der Waals surface area contributed by atoms with Gasteiger partial charge in [-0.15, -0.1) is 9.36 Å². The third-order valence-electron chi connectivity index (χ3n) is 6.00. The number of anilines is 1. The first kappa shape index (κ1) is 24.7. The highest BCUT2D eigenvalue weighted by Crippen LogP contribution is 2.33. The fraction of sp³-hybridized carbons (Fsp3) is 0.133. The molecule has 0 unspecified atom stereocenters. The van der Waals surface area contributed by atoms with Crippen molar-refractivity contribution in [2.45, 2.75) is 20.2 Å². The molecule has 2 aromatic heterocycles. The molecule has 2 heterocycles. The summed E-state index contributed by atoms with van der Waals surface area (Å²) in [5.41, 5.74) is 3.47. The van der Waals surface area contributed by atoms with Gasteiger partial charge in [0.2, 0.25) is 5.91 Å². The van der Waals surface area contributed by atoms with Crippen LogP contribution in [0.15, 0.2) is 110 Å². The Morgan fingerprint density at radius 1 is 0.921 bits per heavy atom. The van der Waals surface area contributed by atoms with Crippen LogP contribution in [-0.2, 0) is 25.1 Å². The summed E-state index contributed by atoms with van der Waals surface area (Å²) in [6.45, 7) is 2.02. The van der Waals surface area contributed by atoms with Crippen molar-refractivity contribution < 1.29 is 19.0 Å². The zero-order chi connectivity index (χ0) is 26.3. The number of aromatic nitrogens is 4. The molecule has 5 rings (SSSR count). The molecule has 0 radical (unpaired) electrons. The van der Waals surface area contributed by atoms with Crippen LogP contribution in [0.2, 0.25) is 0 Å². The molecule has 8 heteroatoms. The van der Waals surface area contributed by atoms with Crippen molar-refractivity contribution >= 4 is 11.6 Å². The van der Waals surface area contributed by atoms with Gasteiger partial charge in [-0.3, -0.25) is 9.78 Å². The molecule has 38 heavy (non-hydrogen) atoms. The van der Waals surface area contributed by atoms with E-state index in [1.807, 2.05) is 103 Å². The van der Waals surface area contributed by atoms with Crippen molar-refractivity contribution in [3.8, 4) is 28.5 Å². The number of benzene rings is 3. The maximum Gasteiger partial charge on any atom is 0.253 e. The van der Waals surface area contributed by atoms with Crippen LogP contribution in [0.25, 0.3) is 11.3 Å². The van der Waals surface area contributed by atoms with Gasteiger partial charge < -0.3 is 14.4 Å². The lowest BCUT2D eigenvalue weighted by Gasteiger charge is -2.24. The number of amides is 1. The molecule has 1 amide bonds. The van der Waals surface area contributed by atoms with Crippen molar-refractivity contribution in [1.82, 2.24) is 14.9 Å². The number of para-hydroxylation sites is 2. The molecule has 0 saturated carbocycles. The van der Waals surface area contributed by atoms with Crippen LogP contribution in [0.1, 0.15) is 12.5 Å². The number of carbonyl (C=O) groups excluding carboxylic acids is 1. The molecular formula is C30H28N5O3+. The number of hydrogen-bond donors (Lipinski definition) is 0. The molecule has 5 aromatic rings. The van der Waals surface area contributed by atoms with Gasteiger partial charge in [0.05, 0.1) is 18.0 Å². The minimum absolute atomic E-state index is 0.141. The SMILES string of the molecule is CC(=O)N(Cc1ccccc1OC[n+]1cc(-c2ccccc2)n(C)n1)c1cnccc1Oc1ccccc1. The number of aryl methyl sites for hydroxylation is 1. The molecule has 0 aliphatic carbocycles. The van der Waals surface area contributed by atoms with Gasteiger partial charge in [-0.25, -0.2) is 0 Å². The second-order valence-corrected chi connectivity index (χ2v) is 8.68. The van der Waals surface area contributed by atoms with E-state index >= 15 is 0 Å². The Labute approximate surface area is 221 Å². The van der Waals surface area contributed by atoms with Crippen molar-refractivity contribution in [2.75, 3.05) is 4.90 Å². The predicted molar refractivity (Wildman–Crippen MR) is 144 cm³/mol. The Morgan fingerprint density at radius 2 is 1.63 bits per heavy atom. The van der Waals surface area contributed by atoms with Gasteiger partial charge in [-0.05, 0) is 18.2 Å². The molecule has 0 aliphatic rings. The van der Waals surface area contributed by atoms with E-state index in [1.54, 1.807) is 28.0 Å². The fourth-order valence-corrected chi connectivity index (χ4v) is 4.13. The Morgan fingerprint density at radius 3 is 2.39 bits per heavy atom. The summed E-state index contributed by atoms with van der Waals surface area (Å²) in [5, 5.41) is 4.54. The molecule has 0 saturated heterocycles. The largest absolute Gasteiger partial charge is 0.455 e. The van der Waals surface area contributed by atoms with Gasteiger partial charge >= 0.3 is 0 Å². The van der Waals surface area contributed by atoms with E-state index in [4.69, 9.17) is 9.47 Å². The highest BCUT2D eigenvalue weighted by molar-refractivity contribution is 5.93. The van der Waals surface area contributed by atoms with Crippen LogP contribution >= 0.6 is 0 Å². The summed E-state index contributed by atoms with van der Waals surface area (Å²) in [6.07, 6.45) is 5.23. The van der Waals surface area contributed by atoms with Crippen LogP contribution in [0.3, 0.4) is 0 Å². The number of carbonyl (C=O) groups is 1. The highest BCUT2D eigenvalue weighted by atomic mass is 16.5. The predicted octanol–water partition coefficient (Wildman–Crippen LogP) is 5.15. The number of pyridine rings is 1. The molecule has 0 atom stereocenters. The molecule has 8 nitrogen and oxygen atoms in total. The molecule has 0 N–H and O–H groups in total. The molecule has 3 aromatic carbocycles. The first-order valence-corrected chi connectivity index (χ1v) is 12.2. The average Bonchev–Trinajstić information content (AvgIpc) is 3.33. The zero-order valence-electron chi connectivity index (χ0n) is 21.3. The van der Waals surface area contributed by atoms with Crippen LogP contribution in [0.4, 0.5) is 5.69 Å². The Balaban J connectivity index is 1.36. The Bertz CT molecular complexity index is 1520. The van der Waals surface area contributed by atoms with Crippen LogP contribution in [0, 0.1) is 0 Å². The minimum Gasteiger partial charge on any atom is -0.455 e. The second-order valence-electron chi connectivity index (χ2n) is 8.68. The van der Waals surface area contributed by atoms with E-state index < -0.39 is 0 Å². The van der Waals surface area contributed by atoms with Gasteiger partial charge in [0.15, 0.2) is 17.6 Å².